The van der Waals surface area contributed by atoms with Crippen LogP contribution in [0.3, 0.4) is 0 Å². The van der Waals surface area contributed by atoms with Crippen LogP contribution in [0.1, 0.15) is 32.8 Å². The van der Waals surface area contributed by atoms with Crippen LogP contribution in [0.15, 0.2) is 73.1 Å². The molecule has 3 heterocycles. The van der Waals surface area contributed by atoms with Gasteiger partial charge in [0.05, 0.1) is 6.61 Å². The van der Waals surface area contributed by atoms with Crippen LogP contribution in [0.4, 0.5) is 10.5 Å². The summed E-state index contributed by atoms with van der Waals surface area (Å²) in [7, 11) is 0. The van der Waals surface area contributed by atoms with Crippen LogP contribution in [0.2, 0.25) is 0 Å². The molecular formula is C31H34N6O3. The number of nitrogen functional groups attached to an aromatic ring is 1. The zero-order valence-corrected chi connectivity index (χ0v) is 22.8. The summed E-state index contributed by atoms with van der Waals surface area (Å²) >= 11 is 0. The van der Waals surface area contributed by atoms with E-state index in [2.05, 4.69) is 21.4 Å². The molecule has 9 nitrogen and oxygen atoms in total. The number of nitrogens with zero attached hydrogens (tertiary/aromatic N) is 3. The van der Waals surface area contributed by atoms with Crippen molar-refractivity contribution in [2.75, 3.05) is 5.73 Å². The second-order valence-electron chi connectivity index (χ2n) is 11.1. The van der Waals surface area contributed by atoms with Gasteiger partial charge >= 0.3 is 6.09 Å². The van der Waals surface area contributed by atoms with Crippen LogP contribution < -0.4 is 11.1 Å². The molecule has 206 valence electrons. The zero-order valence-electron chi connectivity index (χ0n) is 22.8. The molecule has 3 aromatic heterocycles. The first-order valence-corrected chi connectivity index (χ1v) is 13.2. The number of aromatic nitrogens is 4. The van der Waals surface area contributed by atoms with Crippen molar-refractivity contribution in [3.05, 3.63) is 78.6 Å². The smallest absolute Gasteiger partial charge is 0.404 e. The third-order valence-corrected chi connectivity index (χ3v) is 7.18. The van der Waals surface area contributed by atoms with E-state index in [1.165, 1.54) is 0 Å². The topological polar surface area (TPSA) is 142 Å². The van der Waals surface area contributed by atoms with Gasteiger partial charge in [-0.15, -0.1) is 0 Å². The van der Waals surface area contributed by atoms with Gasteiger partial charge in [-0.3, -0.25) is 4.68 Å². The number of hydrogen-bond donors (Lipinski definition) is 5. The third kappa shape index (κ3) is 5.69. The molecule has 0 aliphatic heterocycles. The molecule has 0 bridgehead atoms. The number of benzene rings is 2. The van der Waals surface area contributed by atoms with Crippen molar-refractivity contribution >= 4 is 22.8 Å². The van der Waals surface area contributed by atoms with E-state index < -0.39 is 6.09 Å². The largest absolute Gasteiger partial charge is 0.465 e. The number of aliphatic hydroxyl groups is 1. The monoisotopic (exact) mass is 538 g/mol. The molecular weight excluding hydrogens is 504 g/mol. The first kappa shape index (κ1) is 27.0. The Morgan fingerprint density at radius 3 is 2.55 bits per heavy atom. The Morgan fingerprint density at radius 2 is 1.85 bits per heavy atom. The van der Waals surface area contributed by atoms with Crippen LogP contribution in [-0.2, 0) is 13.2 Å². The fourth-order valence-corrected chi connectivity index (χ4v) is 4.97. The second kappa shape index (κ2) is 10.9. The molecule has 1 unspecified atom stereocenters. The van der Waals surface area contributed by atoms with Crippen molar-refractivity contribution in [1.82, 2.24) is 25.1 Å². The molecule has 2 aromatic carbocycles. The number of pyridine rings is 1. The number of fused-ring (bicyclic) bond motifs is 1. The number of amides is 1. The molecule has 5 aromatic rings. The molecule has 0 aliphatic rings. The Morgan fingerprint density at radius 1 is 1.07 bits per heavy atom. The maximum absolute atomic E-state index is 11.4. The van der Waals surface area contributed by atoms with Gasteiger partial charge in [-0.2, -0.15) is 5.10 Å². The predicted molar refractivity (Wildman–Crippen MR) is 158 cm³/mol. The summed E-state index contributed by atoms with van der Waals surface area (Å²) in [6.45, 7) is 6.57. The van der Waals surface area contributed by atoms with Gasteiger partial charge in [0.1, 0.15) is 11.3 Å². The normalized spacial score (nSPS) is 12.5. The Bertz CT molecular complexity index is 1650. The minimum atomic E-state index is -1.03. The van der Waals surface area contributed by atoms with Gasteiger partial charge in [-0.1, -0.05) is 51.1 Å². The van der Waals surface area contributed by atoms with Gasteiger partial charge in [0, 0.05) is 52.9 Å². The number of carboxylic acid groups (broad SMARTS) is 1. The summed E-state index contributed by atoms with van der Waals surface area (Å²) in [6, 6.07) is 19.2. The van der Waals surface area contributed by atoms with Gasteiger partial charge in [-0.05, 0) is 58.9 Å². The molecule has 0 fully saturated rings. The van der Waals surface area contributed by atoms with Crippen LogP contribution in [0.25, 0.3) is 44.7 Å². The van der Waals surface area contributed by atoms with Crippen molar-refractivity contribution in [2.24, 2.45) is 5.41 Å². The fraction of sp³-hybridized carbons (Fsp3) is 0.258. The number of hydrogen-bond acceptors (Lipinski definition) is 5. The highest BCUT2D eigenvalue weighted by Crippen LogP contribution is 2.37. The van der Waals surface area contributed by atoms with Crippen LogP contribution in [0, 0.1) is 5.41 Å². The fourth-order valence-electron chi connectivity index (χ4n) is 4.97. The number of anilines is 1. The highest BCUT2D eigenvalue weighted by Gasteiger charge is 2.26. The molecule has 6 N–H and O–H groups in total. The van der Waals surface area contributed by atoms with Crippen molar-refractivity contribution in [3.8, 4) is 33.6 Å². The van der Waals surface area contributed by atoms with Crippen LogP contribution in [-0.4, -0.2) is 42.1 Å². The third-order valence-electron chi connectivity index (χ3n) is 7.18. The first-order valence-electron chi connectivity index (χ1n) is 13.2. The van der Waals surface area contributed by atoms with Crippen molar-refractivity contribution in [1.29, 1.82) is 0 Å². The number of H-pyrrole nitrogens is 1. The van der Waals surface area contributed by atoms with E-state index in [-0.39, 0.29) is 18.1 Å². The van der Waals surface area contributed by atoms with E-state index in [1.54, 1.807) is 6.20 Å². The highest BCUT2D eigenvalue weighted by atomic mass is 16.4. The lowest BCUT2D eigenvalue weighted by atomic mass is 9.85. The molecule has 0 aliphatic carbocycles. The van der Waals surface area contributed by atoms with Crippen molar-refractivity contribution in [2.45, 2.75) is 46.4 Å². The van der Waals surface area contributed by atoms with Gasteiger partial charge in [0.2, 0.25) is 0 Å². The lowest BCUT2D eigenvalue weighted by Crippen LogP contribution is -2.43. The molecule has 5 rings (SSSR count). The van der Waals surface area contributed by atoms with Crippen molar-refractivity contribution in [3.63, 3.8) is 0 Å². The molecule has 0 saturated carbocycles. The number of rotatable bonds is 8. The maximum atomic E-state index is 11.4. The second-order valence-corrected chi connectivity index (χ2v) is 11.1. The molecule has 0 spiro atoms. The summed E-state index contributed by atoms with van der Waals surface area (Å²) in [6.07, 6.45) is 3.34. The quantitative estimate of drug-likeness (QED) is 0.156. The predicted octanol–water partition coefficient (Wildman–Crippen LogP) is 5.91. The molecule has 0 saturated heterocycles. The Hall–Kier alpha value is -4.63. The van der Waals surface area contributed by atoms with E-state index in [4.69, 9.17) is 10.8 Å². The van der Waals surface area contributed by atoms with Gasteiger partial charge < -0.3 is 26.2 Å². The maximum Gasteiger partial charge on any atom is 0.404 e. The Kier molecular flexibility index (Phi) is 7.32. The average molecular weight is 539 g/mol. The first-order chi connectivity index (χ1) is 19.1. The summed E-state index contributed by atoms with van der Waals surface area (Å²) < 4.78 is 1.88. The molecule has 9 heteroatoms. The van der Waals surface area contributed by atoms with Crippen LogP contribution >= 0.6 is 0 Å². The minimum absolute atomic E-state index is 0.0280. The molecule has 0 radical (unpaired) electrons. The Balaban J connectivity index is 1.58. The van der Waals surface area contributed by atoms with Crippen molar-refractivity contribution < 1.29 is 15.0 Å². The van der Waals surface area contributed by atoms with E-state index in [9.17, 15) is 15.0 Å². The lowest BCUT2D eigenvalue weighted by molar-refractivity contribution is 0.170. The van der Waals surface area contributed by atoms with Gasteiger partial charge in [-0.25, -0.2) is 9.78 Å². The molecule has 1 atom stereocenters. The van der Waals surface area contributed by atoms with Crippen LogP contribution in [0.5, 0.6) is 0 Å². The highest BCUT2D eigenvalue weighted by molar-refractivity contribution is 5.99. The summed E-state index contributed by atoms with van der Waals surface area (Å²) in [4.78, 5) is 19.4. The summed E-state index contributed by atoms with van der Waals surface area (Å²) in [5.41, 5.74) is 13.5. The summed E-state index contributed by atoms with van der Waals surface area (Å²) in [5.74, 6) is 0. The minimum Gasteiger partial charge on any atom is -0.465 e. The molecule has 1 amide bonds. The van der Waals surface area contributed by atoms with E-state index >= 15 is 0 Å². The lowest BCUT2D eigenvalue weighted by Gasteiger charge is -2.30. The van der Waals surface area contributed by atoms with E-state index in [1.807, 2.05) is 86.2 Å². The van der Waals surface area contributed by atoms with E-state index in [0.717, 1.165) is 50.2 Å². The zero-order chi connectivity index (χ0) is 28.4. The van der Waals surface area contributed by atoms with Gasteiger partial charge in [0.15, 0.2) is 0 Å². The SMILES string of the molecule is CC(C)(C)C(CCn1cc(-c2ccnc3[nH]c(-c4cccc(CO)c4)cc23)c(-c2ccc(N)cc2)n1)NC(=O)O. The number of nitrogens with one attached hydrogen (secondary N) is 2. The Labute approximate surface area is 232 Å². The van der Waals surface area contributed by atoms with E-state index in [0.29, 0.717) is 18.7 Å². The number of aryl methyl sites for hydroxylation is 1. The molecule has 40 heavy (non-hydrogen) atoms. The number of nitrogens with two attached hydrogens (primary N) is 1. The number of carbonyl (C=O) groups is 1. The summed E-state index contributed by atoms with van der Waals surface area (Å²) in [5, 5.41) is 27.5. The average Bonchev–Trinajstić information content (AvgIpc) is 3.55. The standard InChI is InChI=1S/C31H34N6O3/c1-31(2,3)27(35-30(39)40)12-14-37-17-25(28(36-37)20-7-9-22(32)10-8-20)23-11-13-33-29-24(23)16-26(34-29)21-6-4-5-19(15-21)18-38/h4-11,13,15-17,27,35,38H,12,14,18,32H2,1-3H3,(H,33,34)(H,39,40). The number of aromatic amines is 1. The van der Waals surface area contributed by atoms with Gasteiger partial charge in [0.25, 0.3) is 0 Å². The number of aliphatic hydroxyl groups excluding tert-OH is 1.